The molecule has 6 heteroatoms. The van der Waals surface area contributed by atoms with Crippen LogP contribution in [0.25, 0.3) is 0 Å². The third-order valence-corrected chi connectivity index (χ3v) is 5.85. The van der Waals surface area contributed by atoms with Gasteiger partial charge in [-0.15, -0.1) is 11.8 Å². The monoisotopic (exact) mass is 386 g/mol. The number of carbonyl (C=O) groups excluding carboxylic acids is 2. The van der Waals surface area contributed by atoms with Gasteiger partial charge in [0.2, 0.25) is 5.91 Å². The first-order chi connectivity index (χ1) is 13.0. The zero-order valence-electron chi connectivity index (χ0n) is 16.1. The minimum Gasteiger partial charge on any atom is -0.468 e. The molecule has 1 aliphatic rings. The Labute approximate surface area is 165 Å². The summed E-state index contributed by atoms with van der Waals surface area (Å²) in [7, 11) is 1.26. The van der Waals surface area contributed by atoms with Crippen LogP contribution < -0.4 is 5.32 Å². The number of esters is 1. The molecule has 5 nitrogen and oxygen atoms in total. The van der Waals surface area contributed by atoms with Crippen LogP contribution in [-0.2, 0) is 14.3 Å². The number of amides is 1. The summed E-state index contributed by atoms with van der Waals surface area (Å²) in [5.74, 6) is -1.90. The topological polar surface area (TPSA) is 79.2 Å². The number of thioether (sulfide) groups is 1. The highest BCUT2D eigenvalue weighted by molar-refractivity contribution is 8.03. The first kappa shape index (κ1) is 21.0. The molecule has 0 aromatic heterocycles. The van der Waals surface area contributed by atoms with E-state index in [1.54, 1.807) is 0 Å². The van der Waals surface area contributed by atoms with Crippen molar-refractivity contribution in [3.8, 4) is 6.07 Å². The summed E-state index contributed by atoms with van der Waals surface area (Å²) in [4.78, 5) is 25.1. The van der Waals surface area contributed by atoms with Crippen molar-refractivity contribution >= 4 is 23.6 Å². The Bertz CT molecular complexity index is 767. The summed E-state index contributed by atoms with van der Waals surface area (Å²) in [5.41, 5.74) is 2.18. The van der Waals surface area contributed by atoms with E-state index in [2.05, 4.69) is 18.3 Å². The van der Waals surface area contributed by atoms with Crippen LogP contribution in [0.4, 0.5) is 0 Å². The van der Waals surface area contributed by atoms with Gasteiger partial charge in [-0.2, -0.15) is 5.26 Å². The molecular formula is C21H26N2O3S. The number of ether oxygens (including phenoxy) is 1. The number of allylic oxidation sites excluding steroid dienone is 1. The minimum absolute atomic E-state index is 0.412. The molecule has 0 fully saturated rings. The number of rotatable bonds is 8. The smallest absolute Gasteiger partial charge is 0.319 e. The lowest BCUT2D eigenvalue weighted by molar-refractivity contribution is -0.150. The normalized spacial score (nSPS) is 19.4. The maximum atomic E-state index is 12.7. The lowest BCUT2D eigenvalue weighted by Gasteiger charge is -2.31. The fraction of sp³-hybridized carbons (Fsp3) is 0.476. The molecule has 0 saturated heterocycles. The highest BCUT2D eigenvalue weighted by Gasteiger charge is 2.44. The molecule has 27 heavy (non-hydrogen) atoms. The van der Waals surface area contributed by atoms with Crippen LogP contribution in [0.1, 0.15) is 49.7 Å². The van der Waals surface area contributed by atoms with Gasteiger partial charge >= 0.3 is 5.97 Å². The van der Waals surface area contributed by atoms with Crippen LogP contribution in [-0.4, -0.2) is 24.7 Å². The molecule has 0 aliphatic carbocycles. The van der Waals surface area contributed by atoms with Crippen molar-refractivity contribution in [2.75, 3.05) is 12.9 Å². The zero-order chi connectivity index (χ0) is 19.8. The summed E-state index contributed by atoms with van der Waals surface area (Å²) in [6.07, 6.45) is 4.47. The molecule has 1 aromatic carbocycles. The van der Waals surface area contributed by atoms with E-state index >= 15 is 0 Å². The molecule has 0 radical (unpaired) electrons. The standard InChI is InChI=1S/C21H26N2O3S/c1-4-5-6-9-12-27-20-16(13-22)17(15-11-8-7-10-14(15)2)18(19(24)23-20)21(25)26-3/h7-8,10-11,17-18H,4-6,9,12H2,1-3H3,(H,23,24)/t17-,18+/m1/s1. The Balaban J connectivity index is 2.41. The van der Waals surface area contributed by atoms with Crippen LogP contribution in [0.15, 0.2) is 34.9 Å². The van der Waals surface area contributed by atoms with Gasteiger partial charge in [-0.05, 0) is 30.2 Å². The zero-order valence-corrected chi connectivity index (χ0v) is 16.9. The van der Waals surface area contributed by atoms with E-state index in [0.717, 1.165) is 36.1 Å². The number of nitrogens with one attached hydrogen (secondary N) is 1. The van der Waals surface area contributed by atoms with E-state index in [9.17, 15) is 14.9 Å². The Kier molecular flexibility index (Phi) is 7.93. The Morgan fingerprint density at radius 1 is 1.30 bits per heavy atom. The summed E-state index contributed by atoms with van der Waals surface area (Å²) in [5, 5.41) is 13.2. The highest BCUT2D eigenvalue weighted by Crippen LogP contribution is 2.41. The third kappa shape index (κ3) is 4.92. The van der Waals surface area contributed by atoms with Gasteiger partial charge in [-0.3, -0.25) is 9.59 Å². The molecule has 1 amide bonds. The summed E-state index contributed by atoms with van der Waals surface area (Å²) in [6.45, 7) is 4.08. The lowest BCUT2D eigenvalue weighted by atomic mass is 9.77. The van der Waals surface area contributed by atoms with Crippen molar-refractivity contribution < 1.29 is 14.3 Å². The fourth-order valence-corrected chi connectivity index (χ4v) is 4.35. The minimum atomic E-state index is -1.06. The Hall–Kier alpha value is -2.26. The molecule has 1 N–H and O–H groups in total. The highest BCUT2D eigenvalue weighted by atomic mass is 32.2. The second-order valence-electron chi connectivity index (χ2n) is 6.59. The summed E-state index contributed by atoms with van der Waals surface area (Å²) in [6, 6.07) is 9.79. The number of benzene rings is 1. The predicted molar refractivity (Wildman–Crippen MR) is 107 cm³/mol. The largest absolute Gasteiger partial charge is 0.468 e. The average molecular weight is 387 g/mol. The van der Waals surface area contributed by atoms with Crippen molar-refractivity contribution in [1.29, 1.82) is 5.26 Å². The Morgan fingerprint density at radius 2 is 2.04 bits per heavy atom. The first-order valence-electron chi connectivity index (χ1n) is 9.26. The van der Waals surface area contributed by atoms with Crippen LogP contribution in [0, 0.1) is 24.2 Å². The molecule has 0 unspecified atom stereocenters. The molecule has 0 saturated carbocycles. The van der Waals surface area contributed by atoms with E-state index in [4.69, 9.17) is 4.74 Å². The van der Waals surface area contributed by atoms with Crippen LogP contribution in [0.2, 0.25) is 0 Å². The number of unbranched alkanes of at least 4 members (excludes halogenated alkanes) is 3. The van der Waals surface area contributed by atoms with Crippen molar-refractivity contribution in [2.45, 2.75) is 45.4 Å². The number of hydrogen-bond donors (Lipinski definition) is 1. The quantitative estimate of drug-likeness (QED) is 0.414. The number of nitrogens with zero attached hydrogens (tertiary/aromatic N) is 1. The summed E-state index contributed by atoms with van der Waals surface area (Å²) >= 11 is 1.48. The van der Waals surface area contributed by atoms with Gasteiger partial charge in [0.25, 0.3) is 0 Å². The van der Waals surface area contributed by atoms with E-state index in [-0.39, 0.29) is 0 Å². The van der Waals surface area contributed by atoms with Gasteiger partial charge in [-0.1, -0.05) is 50.5 Å². The van der Waals surface area contributed by atoms with Gasteiger partial charge in [0, 0.05) is 5.92 Å². The van der Waals surface area contributed by atoms with E-state index < -0.39 is 23.7 Å². The molecule has 1 aliphatic heterocycles. The molecular weight excluding hydrogens is 360 g/mol. The van der Waals surface area contributed by atoms with Crippen molar-refractivity contribution in [3.05, 3.63) is 46.0 Å². The van der Waals surface area contributed by atoms with E-state index in [1.807, 2.05) is 31.2 Å². The second-order valence-corrected chi connectivity index (χ2v) is 7.69. The number of aryl methyl sites for hydroxylation is 1. The molecule has 2 atom stereocenters. The maximum absolute atomic E-state index is 12.7. The van der Waals surface area contributed by atoms with Crippen LogP contribution >= 0.6 is 11.8 Å². The molecule has 0 spiro atoms. The van der Waals surface area contributed by atoms with Crippen molar-refractivity contribution in [1.82, 2.24) is 5.32 Å². The first-order valence-corrected chi connectivity index (χ1v) is 10.2. The van der Waals surface area contributed by atoms with E-state index in [0.29, 0.717) is 10.6 Å². The van der Waals surface area contributed by atoms with Gasteiger partial charge < -0.3 is 10.1 Å². The third-order valence-electron chi connectivity index (χ3n) is 4.75. The number of methoxy groups -OCH3 is 1. The lowest BCUT2D eigenvalue weighted by Crippen LogP contribution is -2.44. The SMILES string of the molecule is CCCCCCSC1=C(C#N)[C@@H](c2ccccc2C)[C@H](C(=O)OC)C(=O)N1. The average Bonchev–Trinajstić information content (AvgIpc) is 2.67. The van der Waals surface area contributed by atoms with Gasteiger partial charge in [0.1, 0.15) is 5.92 Å². The van der Waals surface area contributed by atoms with Crippen LogP contribution in [0.3, 0.4) is 0 Å². The van der Waals surface area contributed by atoms with E-state index in [1.165, 1.54) is 25.3 Å². The van der Waals surface area contributed by atoms with Crippen molar-refractivity contribution in [2.24, 2.45) is 5.92 Å². The fourth-order valence-electron chi connectivity index (χ4n) is 3.29. The maximum Gasteiger partial charge on any atom is 0.319 e. The summed E-state index contributed by atoms with van der Waals surface area (Å²) < 4.78 is 4.87. The number of nitriles is 1. The molecule has 2 rings (SSSR count). The number of hydrogen-bond acceptors (Lipinski definition) is 5. The Morgan fingerprint density at radius 3 is 2.67 bits per heavy atom. The number of carbonyl (C=O) groups is 2. The van der Waals surface area contributed by atoms with Gasteiger partial charge in [0.15, 0.2) is 0 Å². The molecule has 1 heterocycles. The molecule has 0 bridgehead atoms. The predicted octanol–water partition coefficient (Wildman–Crippen LogP) is 4.05. The van der Waals surface area contributed by atoms with Crippen LogP contribution in [0.5, 0.6) is 0 Å². The van der Waals surface area contributed by atoms with Gasteiger partial charge in [-0.25, -0.2) is 0 Å². The molecule has 1 aromatic rings. The second kappa shape index (κ2) is 10.2. The molecule has 144 valence electrons. The van der Waals surface area contributed by atoms with Gasteiger partial charge in [0.05, 0.1) is 23.8 Å². The van der Waals surface area contributed by atoms with Crippen molar-refractivity contribution in [3.63, 3.8) is 0 Å².